The number of hydrogen-bond acceptors (Lipinski definition) is 2. The summed E-state index contributed by atoms with van der Waals surface area (Å²) in [7, 11) is 0. The molecule has 188 valence electrons. The summed E-state index contributed by atoms with van der Waals surface area (Å²) in [4.78, 5) is 11.2. The molecule has 0 aliphatic carbocycles. The van der Waals surface area contributed by atoms with Crippen molar-refractivity contribution in [3.05, 3.63) is 143 Å². The molecule has 0 spiro atoms. The third-order valence-electron chi connectivity index (χ3n) is 6.52. The molecule has 4 aromatic carbocycles. The highest BCUT2D eigenvalue weighted by atomic mass is 16.5. The first-order valence-electron chi connectivity index (χ1n) is 13.0. The number of carbonyl (C=O) groups is 1. The average Bonchev–Trinajstić information content (AvgIpc) is 2.94. The Kier molecular flexibility index (Phi) is 9.71. The summed E-state index contributed by atoms with van der Waals surface area (Å²) in [6.07, 6.45) is 9.26. The zero-order chi connectivity index (χ0) is 25.7. The number of aryl methyl sites for hydroxylation is 2. The Bertz CT molecular complexity index is 1260. The van der Waals surface area contributed by atoms with Gasteiger partial charge in [0.1, 0.15) is 5.75 Å². The van der Waals surface area contributed by atoms with E-state index < -0.39 is 5.97 Å². The number of allylic oxidation sites excluding steroid dienone is 1. The Labute approximate surface area is 220 Å². The van der Waals surface area contributed by atoms with Gasteiger partial charge in [-0.2, -0.15) is 0 Å². The number of aromatic carboxylic acids is 1. The van der Waals surface area contributed by atoms with Crippen molar-refractivity contribution in [2.45, 2.75) is 32.1 Å². The van der Waals surface area contributed by atoms with Crippen LogP contribution in [-0.2, 0) is 19.3 Å². The van der Waals surface area contributed by atoms with Gasteiger partial charge in [0.15, 0.2) is 0 Å². The molecule has 0 bridgehead atoms. The molecule has 3 heteroatoms. The monoisotopic (exact) mass is 490 g/mol. The van der Waals surface area contributed by atoms with E-state index in [1.807, 2.05) is 42.5 Å². The average molecular weight is 491 g/mol. The third-order valence-corrected chi connectivity index (χ3v) is 6.52. The number of ether oxygens (including phenoxy) is 1. The van der Waals surface area contributed by atoms with Crippen molar-refractivity contribution in [3.63, 3.8) is 0 Å². The van der Waals surface area contributed by atoms with E-state index in [-0.39, 0.29) is 0 Å². The van der Waals surface area contributed by atoms with Crippen molar-refractivity contribution in [2.75, 3.05) is 6.61 Å². The lowest BCUT2D eigenvalue weighted by molar-refractivity contribution is 0.0697. The zero-order valence-electron chi connectivity index (χ0n) is 21.1. The molecule has 1 atom stereocenters. The Morgan fingerprint density at radius 2 is 1.35 bits per heavy atom. The fraction of sp³-hybridized carbons (Fsp3) is 0.206. The van der Waals surface area contributed by atoms with E-state index in [0.29, 0.717) is 18.1 Å². The van der Waals surface area contributed by atoms with Crippen molar-refractivity contribution in [1.29, 1.82) is 0 Å². The Morgan fingerprint density at radius 3 is 2.03 bits per heavy atom. The maximum Gasteiger partial charge on any atom is 0.335 e. The van der Waals surface area contributed by atoms with Crippen LogP contribution in [0.3, 0.4) is 0 Å². The van der Waals surface area contributed by atoms with Gasteiger partial charge in [-0.25, -0.2) is 4.79 Å². The highest BCUT2D eigenvalue weighted by Crippen LogP contribution is 2.24. The fourth-order valence-corrected chi connectivity index (χ4v) is 4.44. The zero-order valence-corrected chi connectivity index (χ0v) is 21.1. The van der Waals surface area contributed by atoms with Crippen LogP contribution < -0.4 is 4.74 Å². The van der Waals surface area contributed by atoms with Gasteiger partial charge in [0.2, 0.25) is 0 Å². The lowest BCUT2D eigenvalue weighted by Gasteiger charge is -2.14. The number of para-hydroxylation sites is 1. The summed E-state index contributed by atoms with van der Waals surface area (Å²) in [5.74, 6) is 0.314. The number of rotatable bonds is 13. The van der Waals surface area contributed by atoms with Crippen molar-refractivity contribution in [1.82, 2.24) is 0 Å². The van der Waals surface area contributed by atoms with Crippen LogP contribution >= 0.6 is 0 Å². The highest BCUT2D eigenvalue weighted by Gasteiger charge is 2.10. The summed E-state index contributed by atoms with van der Waals surface area (Å²) >= 11 is 0. The molecular formula is C34H34O3. The predicted molar refractivity (Wildman–Crippen MR) is 151 cm³/mol. The predicted octanol–water partition coefficient (Wildman–Crippen LogP) is 7.90. The Morgan fingerprint density at radius 1 is 0.730 bits per heavy atom. The minimum absolute atomic E-state index is 0.307. The number of carboxylic acid groups (broad SMARTS) is 1. The van der Waals surface area contributed by atoms with Crippen LogP contribution in [0.15, 0.2) is 115 Å². The van der Waals surface area contributed by atoms with E-state index in [9.17, 15) is 9.90 Å². The Balaban J connectivity index is 1.42. The van der Waals surface area contributed by atoms with Crippen LogP contribution in [0.4, 0.5) is 0 Å². The van der Waals surface area contributed by atoms with Crippen LogP contribution in [0.5, 0.6) is 5.75 Å². The van der Waals surface area contributed by atoms with E-state index in [1.165, 1.54) is 11.1 Å². The molecule has 0 aromatic heterocycles. The van der Waals surface area contributed by atoms with Crippen LogP contribution in [0.25, 0.3) is 6.08 Å². The lowest BCUT2D eigenvalue weighted by Crippen LogP contribution is -2.05. The smallest absolute Gasteiger partial charge is 0.335 e. The van der Waals surface area contributed by atoms with Gasteiger partial charge in [0.25, 0.3) is 0 Å². The normalized spacial score (nSPS) is 11.9. The van der Waals surface area contributed by atoms with E-state index in [2.05, 4.69) is 66.7 Å². The molecular weight excluding hydrogens is 456 g/mol. The first-order valence-corrected chi connectivity index (χ1v) is 13.0. The fourth-order valence-electron chi connectivity index (χ4n) is 4.44. The van der Waals surface area contributed by atoms with Crippen molar-refractivity contribution < 1.29 is 14.6 Å². The molecule has 0 amide bonds. The van der Waals surface area contributed by atoms with Gasteiger partial charge in [0, 0.05) is 5.56 Å². The molecule has 37 heavy (non-hydrogen) atoms. The van der Waals surface area contributed by atoms with Crippen molar-refractivity contribution in [3.8, 4) is 5.75 Å². The van der Waals surface area contributed by atoms with E-state index in [4.69, 9.17) is 4.74 Å². The first kappa shape index (κ1) is 26.0. The van der Waals surface area contributed by atoms with Gasteiger partial charge in [0.05, 0.1) is 12.2 Å². The molecule has 0 radical (unpaired) electrons. The molecule has 1 unspecified atom stereocenters. The molecule has 0 aliphatic heterocycles. The van der Waals surface area contributed by atoms with Gasteiger partial charge < -0.3 is 9.84 Å². The maximum atomic E-state index is 11.2. The molecule has 0 heterocycles. The Hall–Kier alpha value is -4.11. The van der Waals surface area contributed by atoms with E-state index in [0.717, 1.165) is 49.0 Å². The number of carboxylic acids is 1. The number of hydrogen-bond donors (Lipinski definition) is 1. The van der Waals surface area contributed by atoms with E-state index in [1.54, 1.807) is 12.1 Å². The van der Waals surface area contributed by atoms with Gasteiger partial charge >= 0.3 is 5.97 Å². The van der Waals surface area contributed by atoms with Crippen molar-refractivity contribution >= 4 is 12.0 Å². The second kappa shape index (κ2) is 13.8. The third kappa shape index (κ3) is 8.50. The molecule has 0 fully saturated rings. The quantitative estimate of drug-likeness (QED) is 0.194. The van der Waals surface area contributed by atoms with E-state index >= 15 is 0 Å². The second-order valence-corrected chi connectivity index (χ2v) is 9.33. The minimum atomic E-state index is -0.896. The molecule has 0 aliphatic rings. The summed E-state index contributed by atoms with van der Waals surface area (Å²) in [6.45, 7) is 0.674. The largest absolute Gasteiger partial charge is 0.493 e. The van der Waals surface area contributed by atoms with Crippen LogP contribution in [-0.4, -0.2) is 17.7 Å². The van der Waals surface area contributed by atoms with Gasteiger partial charge in [-0.15, -0.1) is 0 Å². The van der Waals surface area contributed by atoms with Gasteiger partial charge in [-0.1, -0.05) is 103 Å². The SMILES string of the molecule is O=C(O)c1ccc(CC(/C=C/c2ccccc2OCCCc2ccccc2)CCc2ccccc2)cc1. The number of benzene rings is 4. The molecule has 4 aromatic rings. The summed E-state index contributed by atoms with van der Waals surface area (Å²) in [5, 5.41) is 9.22. The van der Waals surface area contributed by atoms with Gasteiger partial charge in [-0.3, -0.25) is 0 Å². The van der Waals surface area contributed by atoms with Gasteiger partial charge in [-0.05, 0) is 72.9 Å². The van der Waals surface area contributed by atoms with Crippen LogP contribution in [0.2, 0.25) is 0 Å². The standard InChI is InChI=1S/C34H34O3/c35-34(36)32-23-20-30(21-24-32)26-29(18-17-28-12-5-2-6-13-28)19-22-31-15-7-8-16-33(31)37-25-9-14-27-10-3-1-4-11-27/h1-8,10-13,15-16,19-24,29H,9,14,17-18,25-26H2,(H,35,36)/b22-19+. The maximum absolute atomic E-state index is 11.2. The second-order valence-electron chi connectivity index (χ2n) is 9.33. The lowest BCUT2D eigenvalue weighted by atomic mass is 9.91. The summed E-state index contributed by atoms with van der Waals surface area (Å²) in [6, 6.07) is 36.5. The minimum Gasteiger partial charge on any atom is -0.493 e. The first-order chi connectivity index (χ1) is 18.2. The van der Waals surface area contributed by atoms with Crippen molar-refractivity contribution in [2.24, 2.45) is 5.92 Å². The molecule has 3 nitrogen and oxygen atoms in total. The molecule has 4 rings (SSSR count). The summed E-state index contributed by atoms with van der Waals surface area (Å²) < 4.78 is 6.17. The molecule has 0 saturated heterocycles. The van der Waals surface area contributed by atoms with Crippen LogP contribution in [0.1, 0.15) is 45.5 Å². The summed E-state index contributed by atoms with van der Waals surface area (Å²) in [5.41, 5.74) is 5.19. The topological polar surface area (TPSA) is 46.5 Å². The molecule has 0 saturated carbocycles. The highest BCUT2D eigenvalue weighted by molar-refractivity contribution is 5.87. The van der Waals surface area contributed by atoms with Crippen LogP contribution in [0, 0.1) is 5.92 Å². The molecule has 1 N–H and O–H groups in total.